The molecule has 0 saturated carbocycles. The molecule has 0 unspecified atom stereocenters. The first kappa shape index (κ1) is 13.5. The molecule has 98 valence electrons. The lowest BCUT2D eigenvalue weighted by Crippen LogP contribution is -2.16. The van der Waals surface area contributed by atoms with Crippen LogP contribution in [0.25, 0.3) is 0 Å². The summed E-state index contributed by atoms with van der Waals surface area (Å²) in [7, 11) is 0. The fourth-order valence-electron chi connectivity index (χ4n) is 1.58. The van der Waals surface area contributed by atoms with Crippen molar-refractivity contribution in [3.05, 3.63) is 46.8 Å². The van der Waals surface area contributed by atoms with Crippen molar-refractivity contribution in [2.75, 3.05) is 17.2 Å². The molecule has 1 amide bonds. The largest absolute Gasteiger partial charge is 0.383 e. The Bertz CT molecular complexity index is 588. The smallest absolute Gasteiger partial charge is 0.259 e. The highest BCUT2D eigenvalue weighted by molar-refractivity contribution is 9.10. The molecule has 19 heavy (non-hydrogen) atoms. The van der Waals surface area contributed by atoms with Crippen LogP contribution in [0.4, 0.5) is 11.5 Å². The third-order valence-electron chi connectivity index (χ3n) is 2.42. The van der Waals surface area contributed by atoms with Crippen molar-refractivity contribution in [2.45, 2.75) is 6.92 Å². The molecule has 0 aliphatic carbocycles. The highest BCUT2D eigenvalue weighted by Gasteiger charge is 2.12. The van der Waals surface area contributed by atoms with Gasteiger partial charge in [-0.25, -0.2) is 4.98 Å². The van der Waals surface area contributed by atoms with Crippen LogP contribution in [0.2, 0.25) is 0 Å². The molecule has 0 radical (unpaired) electrons. The van der Waals surface area contributed by atoms with Crippen LogP contribution in [0.3, 0.4) is 0 Å². The Morgan fingerprint density at radius 1 is 1.37 bits per heavy atom. The summed E-state index contributed by atoms with van der Waals surface area (Å²) in [6.45, 7) is 2.68. The SMILES string of the molecule is CCNc1cnccc1C(=O)Nc1ncccc1Br. The van der Waals surface area contributed by atoms with Gasteiger partial charge in [0.2, 0.25) is 0 Å². The van der Waals surface area contributed by atoms with E-state index in [-0.39, 0.29) is 5.91 Å². The number of anilines is 2. The van der Waals surface area contributed by atoms with Gasteiger partial charge in [0.25, 0.3) is 5.91 Å². The summed E-state index contributed by atoms with van der Waals surface area (Å²) >= 11 is 3.34. The summed E-state index contributed by atoms with van der Waals surface area (Å²) in [6.07, 6.45) is 4.84. The van der Waals surface area contributed by atoms with Crippen LogP contribution in [0, 0.1) is 0 Å². The van der Waals surface area contributed by atoms with E-state index in [0.29, 0.717) is 17.1 Å². The van der Waals surface area contributed by atoms with E-state index in [0.717, 1.165) is 11.0 Å². The second-order valence-electron chi connectivity index (χ2n) is 3.74. The Kier molecular flexibility index (Phi) is 4.46. The van der Waals surface area contributed by atoms with Gasteiger partial charge >= 0.3 is 0 Å². The third kappa shape index (κ3) is 3.29. The summed E-state index contributed by atoms with van der Waals surface area (Å²) < 4.78 is 0.738. The Hall–Kier alpha value is -1.95. The Balaban J connectivity index is 2.23. The number of rotatable bonds is 4. The monoisotopic (exact) mass is 320 g/mol. The van der Waals surface area contributed by atoms with Crippen LogP contribution >= 0.6 is 15.9 Å². The van der Waals surface area contributed by atoms with Crippen LogP contribution in [-0.2, 0) is 0 Å². The van der Waals surface area contributed by atoms with Crippen LogP contribution < -0.4 is 10.6 Å². The van der Waals surface area contributed by atoms with E-state index in [2.05, 4.69) is 36.5 Å². The van der Waals surface area contributed by atoms with E-state index in [9.17, 15) is 4.79 Å². The lowest BCUT2D eigenvalue weighted by atomic mass is 10.2. The Morgan fingerprint density at radius 2 is 2.21 bits per heavy atom. The first-order valence-corrected chi connectivity index (χ1v) is 6.61. The van der Waals surface area contributed by atoms with Gasteiger partial charge in [-0.15, -0.1) is 0 Å². The van der Waals surface area contributed by atoms with Gasteiger partial charge in [0.05, 0.1) is 21.9 Å². The number of hydrogen-bond acceptors (Lipinski definition) is 4. The fourth-order valence-corrected chi connectivity index (χ4v) is 1.93. The predicted molar refractivity (Wildman–Crippen MR) is 78.3 cm³/mol. The summed E-state index contributed by atoms with van der Waals surface area (Å²) in [5, 5.41) is 5.86. The zero-order valence-corrected chi connectivity index (χ0v) is 11.9. The Labute approximate surface area is 119 Å². The molecule has 2 rings (SSSR count). The third-order valence-corrected chi connectivity index (χ3v) is 3.06. The minimum atomic E-state index is -0.224. The van der Waals surface area contributed by atoms with Crippen LogP contribution in [0.1, 0.15) is 17.3 Å². The molecular weight excluding hydrogens is 308 g/mol. The lowest BCUT2D eigenvalue weighted by molar-refractivity contribution is 0.102. The second kappa shape index (κ2) is 6.29. The Morgan fingerprint density at radius 3 is 2.95 bits per heavy atom. The van der Waals surface area contributed by atoms with Gasteiger partial charge in [-0.1, -0.05) is 0 Å². The van der Waals surface area contributed by atoms with Gasteiger partial charge in [0.15, 0.2) is 0 Å². The van der Waals surface area contributed by atoms with E-state index in [1.807, 2.05) is 13.0 Å². The number of aromatic nitrogens is 2. The normalized spacial score (nSPS) is 10.0. The van der Waals surface area contributed by atoms with Gasteiger partial charge in [-0.05, 0) is 41.1 Å². The highest BCUT2D eigenvalue weighted by Crippen LogP contribution is 2.20. The van der Waals surface area contributed by atoms with Crippen molar-refractivity contribution in [3.8, 4) is 0 Å². The molecule has 2 aromatic rings. The van der Waals surface area contributed by atoms with E-state index >= 15 is 0 Å². The average molecular weight is 321 g/mol. The summed E-state index contributed by atoms with van der Waals surface area (Å²) in [6, 6.07) is 5.28. The van der Waals surface area contributed by atoms with E-state index < -0.39 is 0 Å². The standard InChI is InChI=1S/C13H13BrN4O/c1-2-16-11-8-15-7-5-9(11)13(19)18-12-10(14)4-3-6-17-12/h3-8,16H,2H2,1H3,(H,17,18,19). The molecule has 2 heterocycles. The quantitative estimate of drug-likeness (QED) is 0.909. The summed E-state index contributed by atoms with van der Waals surface area (Å²) in [5.41, 5.74) is 1.24. The van der Waals surface area contributed by atoms with E-state index in [1.165, 1.54) is 0 Å². The maximum atomic E-state index is 12.2. The van der Waals surface area contributed by atoms with Gasteiger partial charge in [-0.3, -0.25) is 9.78 Å². The number of amides is 1. The van der Waals surface area contributed by atoms with E-state index in [1.54, 1.807) is 30.7 Å². The molecule has 2 aromatic heterocycles. The topological polar surface area (TPSA) is 66.9 Å². The number of nitrogens with zero attached hydrogens (tertiary/aromatic N) is 2. The molecule has 0 aliphatic rings. The van der Waals surface area contributed by atoms with Crippen molar-refractivity contribution in [1.29, 1.82) is 0 Å². The van der Waals surface area contributed by atoms with Crippen molar-refractivity contribution >= 4 is 33.3 Å². The molecule has 0 bridgehead atoms. The van der Waals surface area contributed by atoms with Crippen LogP contribution in [0.5, 0.6) is 0 Å². The molecule has 5 nitrogen and oxygen atoms in total. The molecule has 0 aromatic carbocycles. The maximum absolute atomic E-state index is 12.2. The summed E-state index contributed by atoms with van der Waals surface area (Å²) in [5.74, 6) is 0.268. The number of hydrogen-bond donors (Lipinski definition) is 2. The van der Waals surface area contributed by atoms with Gasteiger partial charge < -0.3 is 10.6 Å². The van der Waals surface area contributed by atoms with Crippen LogP contribution in [0.15, 0.2) is 41.3 Å². The number of carbonyl (C=O) groups excluding carboxylic acids is 1. The number of halogens is 1. The summed E-state index contributed by atoms with van der Waals surface area (Å²) in [4.78, 5) is 20.3. The minimum Gasteiger partial charge on any atom is -0.383 e. The van der Waals surface area contributed by atoms with Crippen molar-refractivity contribution < 1.29 is 4.79 Å². The highest BCUT2D eigenvalue weighted by atomic mass is 79.9. The zero-order chi connectivity index (χ0) is 13.7. The second-order valence-corrected chi connectivity index (χ2v) is 4.59. The first-order chi connectivity index (χ1) is 9.22. The van der Waals surface area contributed by atoms with Gasteiger partial charge in [0, 0.05) is 18.9 Å². The van der Waals surface area contributed by atoms with Gasteiger partial charge in [0.1, 0.15) is 5.82 Å². The fraction of sp³-hybridized carbons (Fsp3) is 0.154. The molecular formula is C13H13BrN4O. The molecule has 0 saturated heterocycles. The predicted octanol–water partition coefficient (Wildman–Crippen LogP) is 2.92. The maximum Gasteiger partial charge on any atom is 0.259 e. The minimum absolute atomic E-state index is 0.224. The molecule has 0 spiro atoms. The first-order valence-electron chi connectivity index (χ1n) is 5.82. The number of carbonyl (C=O) groups is 1. The van der Waals surface area contributed by atoms with Crippen molar-refractivity contribution in [1.82, 2.24) is 9.97 Å². The van der Waals surface area contributed by atoms with E-state index in [4.69, 9.17) is 0 Å². The average Bonchev–Trinajstić information content (AvgIpc) is 2.42. The van der Waals surface area contributed by atoms with Crippen molar-refractivity contribution in [2.24, 2.45) is 0 Å². The lowest BCUT2D eigenvalue weighted by Gasteiger charge is -2.10. The van der Waals surface area contributed by atoms with Crippen LogP contribution in [-0.4, -0.2) is 22.4 Å². The number of pyridine rings is 2. The molecule has 0 aliphatic heterocycles. The van der Waals surface area contributed by atoms with Crippen molar-refractivity contribution in [3.63, 3.8) is 0 Å². The molecule has 6 heteroatoms. The zero-order valence-electron chi connectivity index (χ0n) is 10.4. The number of nitrogens with one attached hydrogen (secondary N) is 2. The molecule has 2 N–H and O–H groups in total. The molecule has 0 atom stereocenters. The molecule has 0 fully saturated rings. The van der Waals surface area contributed by atoms with Gasteiger partial charge in [-0.2, -0.15) is 0 Å².